The first-order valence-electron chi connectivity index (χ1n) is 6.51. The minimum Gasteiger partial charge on any atom is -0.398 e. The molecule has 0 aromatic carbocycles. The van der Waals surface area contributed by atoms with Gasteiger partial charge in [0.1, 0.15) is 0 Å². The second-order valence-electron chi connectivity index (χ2n) is 6.12. The van der Waals surface area contributed by atoms with E-state index in [2.05, 4.69) is 44.5 Å². The Labute approximate surface area is 108 Å². The van der Waals surface area contributed by atoms with Crippen molar-refractivity contribution < 1.29 is 14.0 Å². The van der Waals surface area contributed by atoms with E-state index >= 15 is 0 Å². The van der Waals surface area contributed by atoms with Crippen molar-refractivity contribution >= 4 is 12.7 Å². The van der Waals surface area contributed by atoms with Crippen molar-refractivity contribution in [2.75, 3.05) is 13.2 Å². The Morgan fingerprint density at radius 3 is 2.28 bits per heavy atom. The zero-order chi connectivity index (χ0) is 13.0. The van der Waals surface area contributed by atoms with Crippen molar-refractivity contribution in [1.29, 1.82) is 0 Å². The molecule has 0 atom stereocenters. The Balaban J connectivity index is 1.86. The van der Waals surface area contributed by atoms with E-state index in [9.17, 15) is 0 Å². The SMILES string of the molecule is CC1(C)OB(c2cccn2C2COC2)OC1(C)C. The normalized spacial score (nSPS) is 26.3. The molecule has 18 heavy (non-hydrogen) atoms. The molecule has 1 aromatic heterocycles. The Morgan fingerprint density at radius 2 is 1.78 bits per heavy atom. The zero-order valence-electron chi connectivity index (χ0n) is 11.5. The topological polar surface area (TPSA) is 32.6 Å². The van der Waals surface area contributed by atoms with E-state index in [4.69, 9.17) is 14.0 Å². The lowest BCUT2D eigenvalue weighted by Crippen LogP contribution is -2.44. The first-order valence-corrected chi connectivity index (χ1v) is 6.51. The van der Waals surface area contributed by atoms with Crippen molar-refractivity contribution in [1.82, 2.24) is 4.57 Å². The zero-order valence-corrected chi connectivity index (χ0v) is 11.5. The number of hydrogen-bond donors (Lipinski definition) is 0. The van der Waals surface area contributed by atoms with E-state index in [1.165, 1.54) is 0 Å². The van der Waals surface area contributed by atoms with Crippen LogP contribution in [0.2, 0.25) is 0 Å². The van der Waals surface area contributed by atoms with Crippen LogP contribution in [0, 0.1) is 0 Å². The number of aromatic nitrogens is 1. The lowest BCUT2D eigenvalue weighted by Gasteiger charge is -2.32. The van der Waals surface area contributed by atoms with Gasteiger partial charge in [0.05, 0.1) is 30.5 Å². The molecule has 1 aromatic rings. The highest BCUT2D eigenvalue weighted by Gasteiger charge is 2.52. The third kappa shape index (κ3) is 1.73. The van der Waals surface area contributed by atoms with Gasteiger partial charge >= 0.3 is 7.12 Å². The largest absolute Gasteiger partial charge is 0.512 e. The third-order valence-electron chi connectivity index (χ3n) is 4.32. The molecule has 0 unspecified atom stereocenters. The van der Waals surface area contributed by atoms with E-state index in [-0.39, 0.29) is 18.3 Å². The summed E-state index contributed by atoms with van der Waals surface area (Å²) in [7, 11) is -0.286. The van der Waals surface area contributed by atoms with Gasteiger partial charge in [0.2, 0.25) is 0 Å². The molecule has 0 saturated carbocycles. The molecule has 98 valence electrons. The molecule has 4 nitrogen and oxygen atoms in total. The van der Waals surface area contributed by atoms with Gasteiger partial charge in [-0.05, 0) is 39.8 Å². The summed E-state index contributed by atoms with van der Waals surface area (Å²) in [6.45, 7) is 9.86. The smallest absolute Gasteiger partial charge is 0.398 e. The minimum absolute atomic E-state index is 0.286. The second-order valence-corrected chi connectivity index (χ2v) is 6.12. The second kappa shape index (κ2) is 3.86. The average molecular weight is 249 g/mol. The van der Waals surface area contributed by atoms with Crippen LogP contribution in [0.5, 0.6) is 0 Å². The average Bonchev–Trinajstić information content (AvgIpc) is 2.68. The van der Waals surface area contributed by atoms with Crippen LogP contribution in [0.1, 0.15) is 33.7 Å². The number of ether oxygens (including phenoxy) is 1. The Bertz CT molecular complexity index is 435. The number of rotatable bonds is 2. The molecule has 0 N–H and O–H groups in total. The molecule has 0 radical (unpaired) electrons. The molecule has 0 bridgehead atoms. The molecular formula is C13H20BNO3. The van der Waals surface area contributed by atoms with Gasteiger partial charge in [-0.25, -0.2) is 0 Å². The van der Waals surface area contributed by atoms with Gasteiger partial charge in [0.15, 0.2) is 0 Å². The van der Waals surface area contributed by atoms with Gasteiger partial charge in [-0.1, -0.05) is 0 Å². The van der Waals surface area contributed by atoms with Gasteiger partial charge in [0, 0.05) is 11.8 Å². The fourth-order valence-corrected chi connectivity index (χ4v) is 2.29. The Kier molecular flexibility index (Phi) is 2.63. The quantitative estimate of drug-likeness (QED) is 0.742. The first kappa shape index (κ1) is 12.3. The summed E-state index contributed by atoms with van der Waals surface area (Å²) in [6.07, 6.45) is 2.08. The third-order valence-corrected chi connectivity index (χ3v) is 4.32. The lowest BCUT2D eigenvalue weighted by atomic mass is 9.84. The fraction of sp³-hybridized carbons (Fsp3) is 0.692. The monoisotopic (exact) mass is 249 g/mol. The number of nitrogens with zero attached hydrogens (tertiary/aromatic N) is 1. The van der Waals surface area contributed by atoms with E-state index in [1.54, 1.807) is 0 Å². The van der Waals surface area contributed by atoms with Crippen molar-refractivity contribution in [3.05, 3.63) is 18.3 Å². The van der Waals surface area contributed by atoms with Gasteiger partial charge in [0.25, 0.3) is 0 Å². The molecule has 2 saturated heterocycles. The van der Waals surface area contributed by atoms with Gasteiger partial charge in [-0.2, -0.15) is 0 Å². The van der Waals surface area contributed by atoms with Crippen LogP contribution in [0.4, 0.5) is 0 Å². The maximum Gasteiger partial charge on any atom is 0.512 e. The highest BCUT2D eigenvalue weighted by molar-refractivity contribution is 6.61. The van der Waals surface area contributed by atoms with Crippen molar-refractivity contribution in [3.8, 4) is 0 Å². The molecule has 0 aliphatic carbocycles. The summed E-state index contributed by atoms with van der Waals surface area (Å²) < 4.78 is 19.6. The van der Waals surface area contributed by atoms with Crippen LogP contribution in [-0.2, 0) is 14.0 Å². The highest BCUT2D eigenvalue weighted by atomic mass is 16.7. The molecular weight excluding hydrogens is 229 g/mol. The molecule has 2 aliphatic heterocycles. The molecule has 0 spiro atoms. The molecule has 2 aliphatic rings. The predicted molar refractivity (Wildman–Crippen MR) is 70.0 cm³/mol. The van der Waals surface area contributed by atoms with E-state index in [0.29, 0.717) is 6.04 Å². The summed E-state index contributed by atoms with van der Waals surface area (Å²) in [5.41, 5.74) is 0.508. The predicted octanol–water partition coefficient (Wildman–Crippen LogP) is 1.36. The van der Waals surface area contributed by atoms with Crippen molar-refractivity contribution in [2.24, 2.45) is 0 Å². The fourth-order valence-electron chi connectivity index (χ4n) is 2.29. The Morgan fingerprint density at radius 1 is 1.17 bits per heavy atom. The molecule has 0 amide bonds. The van der Waals surface area contributed by atoms with Crippen LogP contribution in [0.25, 0.3) is 0 Å². The summed E-state index contributed by atoms with van der Waals surface area (Å²) in [6, 6.07) is 4.54. The summed E-state index contributed by atoms with van der Waals surface area (Å²) >= 11 is 0. The van der Waals surface area contributed by atoms with Crippen LogP contribution in [-0.4, -0.2) is 36.1 Å². The summed E-state index contributed by atoms with van der Waals surface area (Å²) in [5.74, 6) is 0. The standard InChI is InChI=1S/C13H20BNO3/c1-12(2)13(3,4)18-14(17-12)11-6-5-7-15(11)10-8-16-9-10/h5-7,10H,8-9H2,1-4H3. The van der Waals surface area contributed by atoms with Crippen LogP contribution < -0.4 is 5.59 Å². The van der Waals surface area contributed by atoms with E-state index < -0.39 is 0 Å². The summed E-state index contributed by atoms with van der Waals surface area (Å²) in [5, 5.41) is 0. The minimum atomic E-state index is -0.289. The van der Waals surface area contributed by atoms with Gasteiger partial charge in [-0.3, -0.25) is 0 Å². The Hall–Kier alpha value is -0.775. The van der Waals surface area contributed by atoms with Crippen LogP contribution >= 0.6 is 0 Å². The maximum absolute atomic E-state index is 6.08. The summed E-state index contributed by atoms with van der Waals surface area (Å²) in [4.78, 5) is 0. The highest BCUT2D eigenvalue weighted by Crippen LogP contribution is 2.36. The first-order chi connectivity index (χ1) is 8.41. The van der Waals surface area contributed by atoms with Crippen LogP contribution in [0.15, 0.2) is 18.3 Å². The molecule has 3 rings (SSSR count). The maximum atomic E-state index is 6.08. The molecule has 3 heterocycles. The van der Waals surface area contributed by atoms with E-state index in [1.807, 2.05) is 6.07 Å². The molecule has 5 heteroatoms. The van der Waals surface area contributed by atoms with E-state index in [0.717, 1.165) is 18.8 Å². The van der Waals surface area contributed by atoms with Crippen LogP contribution in [0.3, 0.4) is 0 Å². The van der Waals surface area contributed by atoms with Crippen molar-refractivity contribution in [3.63, 3.8) is 0 Å². The number of hydrogen-bond acceptors (Lipinski definition) is 3. The lowest BCUT2D eigenvalue weighted by molar-refractivity contribution is -0.0222. The van der Waals surface area contributed by atoms with Gasteiger partial charge in [-0.15, -0.1) is 0 Å². The van der Waals surface area contributed by atoms with Crippen molar-refractivity contribution in [2.45, 2.75) is 44.9 Å². The van der Waals surface area contributed by atoms with Gasteiger partial charge < -0.3 is 18.6 Å². The molecule has 2 fully saturated rings.